The van der Waals surface area contributed by atoms with Crippen LogP contribution in [0.25, 0.3) is 0 Å². The lowest BCUT2D eigenvalue weighted by molar-refractivity contribution is -0.230. The maximum Gasteiger partial charge on any atom is 0.313 e. The minimum atomic E-state index is -1.95. The fourth-order valence-electron chi connectivity index (χ4n) is 20.8. The van der Waals surface area contributed by atoms with Crippen LogP contribution in [0.2, 0.25) is 0 Å². The SMILES string of the molecule is CC1CCC2=CCC3C(C)CC(O)C(C)(O)C4C(CC5(O)C6=C7NCC(=O)CC(c8ccc(O)cc8)CSSCC8C(O)C(O)CC(C)(C6C6CCC(CN=C(N)N)C45C6)C8C7=O)C(CCCO)C#CC(C4COC(=O)C4c4cc[nH]c4)CC3C2C1. The van der Waals surface area contributed by atoms with E-state index in [-0.39, 0.29) is 128 Å². The molecule has 24 unspecified atom stereocenters. The Morgan fingerprint density at radius 1 is 0.872 bits per heavy atom. The third-order valence-electron chi connectivity index (χ3n) is 24.4. The van der Waals surface area contributed by atoms with Gasteiger partial charge in [-0.05, 0) is 184 Å². The van der Waals surface area contributed by atoms with Crippen LogP contribution in [0.15, 0.2) is 70.6 Å². The summed E-state index contributed by atoms with van der Waals surface area (Å²) in [5.41, 5.74) is 10.1. The lowest BCUT2D eigenvalue weighted by Gasteiger charge is -2.68. The number of Topliss-reactive ketones (excluding diaryl/α,β-unsaturated/α-hetero) is 2. The molecule has 12 rings (SSSR count). The minimum absolute atomic E-state index is 0.00488. The Morgan fingerprint density at radius 3 is 2.40 bits per heavy atom. The summed E-state index contributed by atoms with van der Waals surface area (Å²) < 4.78 is 6.04. The molecule has 4 bridgehead atoms. The van der Waals surface area contributed by atoms with Gasteiger partial charge in [0.05, 0.1) is 54.3 Å². The molecule has 5 saturated carbocycles. The third-order valence-corrected chi connectivity index (χ3v) is 27.0. The van der Waals surface area contributed by atoms with Gasteiger partial charge in [-0.3, -0.25) is 19.4 Å². The van der Waals surface area contributed by atoms with Crippen LogP contribution in [-0.2, 0) is 19.1 Å². The van der Waals surface area contributed by atoms with Gasteiger partial charge in [0, 0.05) is 90.3 Å². The number of phenolic OH excluding ortho intramolecular Hbond substituents is 1. The van der Waals surface area contributed by atoms with Crippen molar-refractivity contribution in [2.24, 2.45) is 116 Å². The average Bonchev–Trinajstić information content (AvgIpc) is 1.31. The number of ketones is 2. The summed E-state index contributed by atoms with van der Waals surface area (Å²) in [4.78, 5) is 53.0. The van der Waals surface area contributed by atoms with Gasteiger partial charge >= 0.3 is 5.97 Å². The number of aliphatic hydroxyl groups is 6. The lowest BCUT2D eigenvalue weighted by Crippen LogP contribution is -2.71. The normalized spacial score (nSPS) is 45.0. The predicted octanol–water partition coefficient (Wildman–Crippen LogP) is 7.13. The van der Waals surface area contributed by atoms with E-state index in [1.165, 1.54) is 16.4 Å². The lowest BCUT2D eigenvalue weighted by atomic mass is 9.37. The fourth-order valence-corrected chi connectivity index (χ4v) is 23.5. The number of nitrogens with zero attached hydrogens (tertiary/aromatic N) is 1. The molecule has 0 amide bonds. The number of aromatic nitrogens is 1. The maximum atomic E-state index is 16.4. The zero-order chi connectivity index (χ0) is 60.8. The highest BCUT2D eigenvalue weighted by Gasteiger charge is 2.79. The highest BCUT2D eigenvalue weighted by molar-refractivity contribution is 8.76. The number of aliphatic hydroxyl groups excluding tert-OH is 4. The van der Waals surface area contributed by atoms with Crippen LogP contribution in [0.3, 0.4) is 0 Å². The molecule has 8 aliphatic carbocycles. The number of benzene rings is 1. The van der Waals surface area contributed by atoms with Crippen LogP contribution in [-0.4, -0.2) is 132 Å². The summed E-state index contributed by atoms with van der Waals surface area (Å²) in [6.45, 7) is 8.26. The second-order valence-electron chi connectivity index (χ2n) is 29.0. The number of hydrogen-bond donors (Lipinski definition) is 11. The zero-order valence-corrected chi connectivity index (χ0v) is 52.1. The molecule has 24 atom stereocenters. The van der Waals surface area contributed by atoms with E-state index in [4.69, 9.17) is 21.2 Å². The number of hydrogen-bond acceptors (Lipinski definition) is 15. The number of aromatic hydroxyl groups is 1. The molecule has 1 aromatic heterocycles. The molecular weight excluding hydrogens is 1130 g/mol. The number of cyclic esters (lactones) is 1. The number of guanidine groups is 1. The Balaban J connectivity index is 1.07. The van der Waals surface area contributed by atoms with Crippen LogP contribution >= 0.6 is 21.6 Å². The molecule has 13 N–H and O–H groups in total. The van der Waals surface area contributed by atoms with Crippen LogP contribution in [0.4, 0.5) is 0 Å². The van der Waals surface area contributed by atoms with Gasteiger partial charge in [0.1, 0.15) is 5.75 Å². The molecule has 18 heteroatoms. The number of carbonyl (C=O) groups is 3. The number of ether oxygens (including phenoxy) is 1. The molecule has 86 heavy (non-hydrogen) atoms. The van der Waals surface area contributed by atoms with Gasteiger partial charge in [0.25, 0.3) is 0 Å². The van der Waals surface area contributed by atoms with E-state index in [0.717, 1.165) is 36.8 Å². The summed E-state index contributed by atoms with van der Waals surface area (Å²) in [5.74, 6) is 2.48. The maximum absolute atomic E-state index is 16.4. The molecule has 2 aliphatic heterocycles. The van der Waals surface area contributed by atoms with Gasteiger partial charge in [-0.25, -0.2) is 0 Å². The Hall–Kier alpha value is -4.32. The Bertz CT molecular complexity index is 3030. The summed E-state index contributed by atoms with van der Waals surface area (Å²) in [6.07, 6.45) is 9.82. The van der Waals surface area contributed by atoms with Crippen molar-refractivity contribution in [1.29, 1.82) is 0 Å². The van der Waals surface area contributed by atoms with Crippen molar-refractivity contribution >= 4 is 45.1 Å². The largest absolute Gasteiger partial charge is 0.508 e. The molecule has 2 saturated heterocycles. The van der Waals surface area contributed by atoms with E-state index in [1.807, 2.05) is 30.6 Å². The molecule has 2 aromatic rings. The number of aromatic amines is 1. The van der Waals surface area contributed by atoms with E-state index < -0.39 is 87.7 Å². The Labute approximate surface area is 514 Å². The number of H-pyrrole nitrogens is 1. The summed E-state index contributed by atoms with van der Waals surface area (Å²) in [6, 6.07) is 8.80. The van der Waals surface area contributed by atoms with Gasteiger partial charge in [0.2, 0.25) is 0 Å². The second kappa shape index (κ2) is 24.1. The van der Waals surface area contributed by atoms with Crippen molar-refractivity contribution in [1.82, 2.24) is 10.3 Å². The van der Waals surface area contributed by atoms with Crippen LogP contribution in [0, 0.1) is 111 Å². The summed E-state index contributed by atoms with van der Waals surface area (Å²) in [5, 5.41) is 91.9. The smallest absolute Gasteiger partial charge is 0.313 e. The number of nitrogens with one attached hydrogen (secondary N) is 2. The minimum Gasteiger partial charge on any atom is -0.508 e. The van der Waals surface area contributed by atoms with Crippen molar-refractivity contribution in [2.45, 2.75) is 159 Å². The molecule has 16 nitrogen and oxygen atoms in total. The zero-order valence-electron chi connectivity index (χ0n) is 50.5. The van der Waals surface area contributed by atoms with Crippen LogP contribution in [0.1, 0.15) is 141 Å². The Morgan fingerprint density at radius 2 is 1.65 bits per heavy atom. The second-order valence-corrected chi connectivity index (χ2v) is 31.6. The van der Waals surface area contributed by atoms with Gasteiger partial charge in [0.15, 0.2) is 17.5 Å². The fraction of sp³-hybridized carbons (Fsp3) is 0.706. The van der Waals surface area contributed by atoms with Gasteiger partial charge in [-0.15, -0.1) is 0 Å². The first kappa shape index (κ1) is 61.9. The molecule has 10 aliphatic rings. The van der Waals surface area contributed by atoms with E-state index >= 15 is 9.90 Å². The Kier molecular flexibility index (Phi) is 17.4. The van der Waals surface area contributed by atoms with Crippen molar-refractivity contribution in [2.75, 3.05) is 37.8 Å². The number of nitrogens with two attached hydrogens (primary N) is 2. The first-order valence-electron chi connectivity index (χ1n) is 32.3. The number of fused-ring (bicyclic) bond motifs is 10. The van der Waals surface area contributed by atoms with Crippen LogP contribution < -0.4 is 16.8 Å². The number of phenols is 1. The van der Waals surface area contributed by atoms with Crippen molar-refractivity contribution in [3.05, 3.63) is 76.8 Å². The summed E-state index contributed by atoms with van der Waals surface area (Å²) >= 11 is 0. The topological polar surface area (TPSA) is 294 Å². The molecule has 0 radical (unpaired) electrons. The van der Waals surface area contributed by atoms with E-state index in [9.17, 15) is 40.2 Å². The first-order valence-corrected chi connectivity index (χ1v) is 34.8. The van der Waals surface area contributed by atoms with E-state index in [0.29, 0.717) is 67.4 Å². The number of rotatable bonds is 8. The van der Waals surface area contributed by atoms with Gasteiger partial charge in [-0.2, -0.15) is 0 Å². The van der Waals surface area contributed by atoms with Gasteiger partial charge in [-0.1, -0.05) is 78.0 Å². The molecule has 7 fully saturated rings. The third kappa shape index (κ3) is 10.5. The standard InChI is InChI=1S/C68H93N5O11S2/c1-35-7-8-39-14-18-47-36(2)23-54(78)66(4,82)62-50(38(6-5-21-74)9-10-40(25-49(47)48(39)22-35)51-32-84-63(81)55(51)42-19-20-71-29-42)27-68(83)58-56(41-11-15-44(30-73-64(69)70)67(62,68)26-41)65(3)28-53(77)60(79)52-34-86-85-33-43(37-12-16-45(75)17-13-37)24-46(76)31-72-59(58)61(80)57(52)65/h12-14,16-17,19-20,29,35-36,38,40-41,43-44,47-57,60,62,71-72,74-75,77-79,82-83H,5-8,11,15,18,21-28,30-34H2,1-4H3,(H4,69,70,73). The van der Waals surface area contributed by atoms with Crippen molar-refractivity contribution < 1.29 is 54.9 Å². The number of esters is 1. The highest BCUT2D eigenvalue weighted by Crippen LogP contribution is 2.78. The van der Waals surface area contributed by atoms with E-state index in [1.54, 1.807) is 29.9 Å². The monoisotopic (exact) mass is 1220 g/mol. The van der Waals surface area contributed by atoms with E-state index in [2.05, 4.69) is 49.0 Å². The summed E-state index contributed by atoms with van der Waals surface area (Å²) in [7, 11) is 3.08. The highest BCUT2D eigenvalue weighted by atomic mass is 33.1. The molecule has 468 valence electrons. The van der Waals surface area contributed by atoms with Crippen molar-refractivity contribution in [3.8, 4) is 17.6 Å². The first-order chi connectivity index (χ1) is 41.1. The molecule has 1 spiro atoms. The molecular formula is C68H93N5O11S2. The predicted molar refractivity (Wildman–Crippen MR) is 331 cm³/mol. The molecule has 1 aromatic carbocycles. The molecule has 3 heterocycles. The number of allylic oxidation sites excluding steroid dienone is 3. The quantitative estimate of drug-likeness (QED) is 0.0313. The van der Waals surface area contributed by atoms with Gasteiger partial charge < -0.3 is 62.3 Å². The number of carbonyl (C=O) groups excluding carboxylic acids is 3. The van der Waals surface area contributed by atoms with Crippen molar-refractivity contribution in [3.63, 3.8) is 0 Å². The average molecular weight is 1220 g/mol. The number of aliphatic imine (C=N–C) groups is 1. The van der Waals surface area contributed by atoms with Crippen LogP contribution in [0.5, 0.6) is 5.75 Å².